The number of aromatic amines is 1. The summed E-state index contributed by atoms with van der Waals surface area (Å²) in [6, 6.07) is 1.57. The van der Waals surface area contributed by atoms with Gasteiger partial charge in [0.2, 0.25) is 12.1 Å². The van der Waals surface area contributed by atoms with Gasteiger partial charge in [0.05, 0.1) is 5.69 Å². The van der Waals surface area contributed by atoms with E-state index in [9.17, 15) is 22.0 Å². The van der Waals surface area contributed by atoms with Gasteiger partial charge in [-0.3, -0.25) is 0 Å². The molecule has 7 nitrogen and oxygen atoms in total. The molecule has 2 heterocycles. The van der Waals surface area contributed by atoms with Crippen molar-refractivity contribution in [2.45, 2.75) is 25.6 Å². The molecule has 0 aliphatic carbocycles. The third-order valence-corrected chi connectivity index (χ3v) is 3.75. The summed E-state index contributed by atoms with van der Waals surface area (Å²) in [4.78, 5) is 7.45. The summed E-state index contributed by atoms with van der Waals surface area (Å²) in [5.74, 6) is -0.557. The van der Waals surface area contributed by atoms with Crippen LogP contribution in [0.15, 0.2) is 12.4 Å². The number of nitrogens with one attached hydrogen (secondary N) is 3. The van der Waals surface area contributed by atoms with E-state index in [1.807, 2.05) is 0 Å². The van der Waals surface area contributed by atoms with Crippen molar-refractivity contribution in [2.24, 2.45) is 0 Å². The number of anilines is 3. The van der Waals surface area contributed by atoms with Crippen molar-refractivity contribution in [1.29, 1.82) is 5.26 Å². The molecule has 0 unspecified atom stereocenters. The van der Waals surface area contributed by atoms with E-state index in [0.717, 1.165) is 4.68 Å². The van der Waals surface area contributed by atoms with Crippen molar-refractivity contribution in [2.75, 3.05) is 30.5 Å². The number of aryl methyl sites for hydroxylation is 1. The van der Waals surface area contributed by atoms with E-state index in [4.69, 9.17) is 5.26 Å². The fourth-order valence-corrected chi connectivity index (χ4v) is 2.21. The van der Waals surface area contributed by atoms with Gasteiger partial charge in [-0.05, 0) is 13.8 Å². The number of alkyl halides is 5. The van der Waals surface area contributed by atoms with E-state index < -0.39 is 36.4 Å². The molecule has 2 aromatic rings. The van der Waals surface area contributed by atoms with Crippen LogP contribution in [0.4, 0.5) is 39.4 Å². The monoisotopic (exact) mass is 390 g/mol. The molecule has 0 saturated heterocycles. The van der Waals surface area contributed by atoms with Crippen molar-refractivity contribution >= 4 is 17.5 Å². The molecule has 2 aromatic heterocycles. The van der Waals surface area contributed by atoms with E-state index in [2.05, 4.69) is 25.7 Å². The molecule has 0 aliphatic heterocycles. The summed E-state index contributed by atoms with van der Waals surface area (Å²) in [6.07, 6.45) is -2.77. The molecule has 0 fully saturated rings. The Balaban J connectivity index is 2.38. The summed E-state index contributed by atoms with van der Waals surface area (Å²) in [5, 5.41) is 16.9. The van der Waals surface area contributed by atoms with Crippen LogP contribution >= 0.6 is 0 Å². The number of aromatic nitrogens is 4. The van der Waals surface area contributed by atoms with Crippen LogP contribution in [-0.4, -0.2) is 35.0 Å². The lowest BCUT2D eigenvalue weighted by Crippen LogP contribution is -2.59. The van der Waals surface area contributed by atoms with Crippen LogP contribution < -0.4 is 15.3 Å². The second kappa shape index (κ2) is 7.73. The fraction of sp³-hybridized carbons (Fsp3) is 0.467. The molecule has 0 aromatic carbocycles. The number of rotatable bonds is 7. The van der Waals surface area contributed by atoms with Gasteiger partial charge in [-0.2, -0.15) is 28.5 Å². The van der Waals surface area contributed by atoms with Crippen molar-refractivity contribution in [3.8, 4) is 6.07 Å². The lowest BCUT2D eigenvalue weighted by Gasteiger charge is -2.13. The number of halogens is 5. The van der Waals surface area contributed by atoms with Gasteiger partial charge in [0, 0.05) is 12.7 Å². The average molecular weight is 390 g/mol. The highest BCUT2D eigenvalue weighted by atomic mass is 19.4. The molecule has 0 aliphatic rings. The minimum absolute atomic E-state index is 0.156. The Morgan fingerprint density at radius 2 is 1.96 bits per heavy atom. The van der Waals surface area contributed by atoms with E-state index in [1.165, 1.54) is 6.20 Å². The average Bonchev–Trinajstić information content (AvgIpc) is 2.97. The molecule has 0 spiro atoms. The highest BCUT2D eigenvalue weighted by Gasteiger charge is 2.44. The van der Waals surface area contributed by atoms with Gasteiger partial charge < -0.3 is 10.6 Å². The number of nitrogens with zero attached hydrogens (tertiary/aromatic N) is 4. The topological polar surface area (TPSA) is 93.3 Å². The van der Waals surface area contributed by atoms with Gasteiger partial charge in [-0.15, -0.1) is 0 Å². The molecular formula is C15H17F5N7+. The zero-order valence-corrected chi connectivity index (χ0v) is 14.5. The Morgan fingerprint density at radius 3 is 2.48 bits per heavy atom. The molecule has 12 heteroatoms. The van der Waals surface area contributed by atoms with Crippen LogP contribution in [0, 0.1) is 18.3 Å². The van der Waals surface area contributed by atoms with E-state index in [-0.39, 0.29) is 18.2 Å². The first kappa shape index (κ1) is 20.3. The molecule has 2 rings (SSSR count). The van der Waals surface area contributed by atoms with Gasteiger partial charge >= 0.3 is 11.7 Å². The minimum atomic E-state index is -4.63. The summed E-state index contributed by atoms with van der Waals surface area (Å²) in [7, 11) is 0. The zero-order valence-electron chi connectivity index (χ0n) is 14.5. The Hall–Kier alpha value is -2.97. The van der Waals surface area contributed by atoms with Crippen LogP contribution in [-0.2, 0) is 11.7 Å². The maximum atomic E-state index is 13.2. The third-order valence-electron chi connectivity index (χ3n) is 3.75. The Labute approximate surface area is 151 Å². The van der Waals surface area contributed by atoms with Gasteiger partial charge in [-0.25, -0.2) is 13.8 Å². The minimum Gasteiger partial charge on any atom is -0.370 e. The van der Waals surface area contributed by atoms with Crippen molar-refractivity contribution in [1.82, 2.24) is 15.1 Å². The van der Waals surface area contributed by atoms with Crippen LogP contribution in [0.3, 0.4) is 0 Å². The largest absolute Gasteiger partial charge is 0.421 e. The lowest BCUT2D eigenvalue weighted by molar-refractivity contribution is -0.799. The van der Waals surface area contributed by atoms with Gasteiger partial charge in [0.15, 0.2) is 13.3 Å². The zero-order chi connectivity index (χ0) is 20.2. The molecule has 146 valence electrons. The summed E-state index contributed by atoms with van der Waals surface area (Å²) >= 11 is 0. The predicted molar refractivity (Wildman–Crippen MR) is 85.7 cm³/mol. The molecular weight excluding hydrogens is 373 g/mol. The van der Waals surface area contributed by atoms with Crippen LogP contribution in [0.25, 0.3) is 0 Å². The van der Waals surface area contributed by atoms with E-state index >= 15 is 0 Å². The van der Waals surface area contributed by atoms with Crippen LogP contribution in [0.2, 0.25) is 0 Å². The van der Waals surface area contributed by atoms with E-state index in [0.29, 0.717) is 11.9 Å². The first-order valence-electron chi connectivity index (χ1n) is 7.80. The third kappa shape index (κ3) is 4.07. The highest BCUT2D eigenvalue weighted by Crippen LogP contribution is 2.34. The molecule has 0 atom stereocenters. The van der Waals surface area contributed by atoms with Crippen molar-refractivity contribution in [3.05, 3.63) is 23.7 Å². The smallest absolute Gasteiger partial charge is 0.370 e. The standard InChI is InChI=1S/C15H16F5N7/c1-3-22-12-10(15(18,19)20)4-23-13(25-12)24-11-5-27(26-9(11)2)14(6-16,7-17)8-21/h4-5H,3,6-7H2,1-2H3,(H2,22,23,24,25)/p+1. The predicted octanol–water partition coefficient (Wildman–Crippen LogP) is 2.75. The van der Waals surface area contributed by atoms with Crippen molar-refractivity contribution in [3.63, 3.8) is 0 Å². The maximum absolute atomic E-state index is 13.2. The van der Waals surface area contributed by atoms with Crippen LogP contribution in [0.5, 0.6) is 0 Å². The first-order chi connectivity index (χ1) is 12.7. The second-order valence-corrected chi connectivity index (χ2v) is 5.67. The lowest BCUT2D eigenvalue weighted by atomic mass is 10.1. The number of hydrogen-bond donors (Lipinski definition) is 3. The van der Waals surface area contributed by atoms with Gasteiger partial charge in [0.1, 0.15) is 23.1 Å². The van der Waals surface area contributed by atoms with E-state index in [1.54, 1.807) is 19.9 Å². The molecule has 27 heavy (non-hydrogen) atoms. The maximum Gasteiger partial charge on any atom is 0.421 e. The molecule has 3 N–H and O–H groups in total. The Kier molecular flexibility index (Phi) is 5.82. The molecule has 0 amide bonds. The molecule has 0 saturated carbocycles. The number of nitriles is 1. The number of H-pyrrole nitrogens is 1. The second-order valence-electron chi connectivity index (χ2n) is 5.67. The van der Waals surface area contributed by atoms with Gasteiger partial charge in [-0.1, -0.05) is 4.68 Å². The fourth-order valence-electron chi connectivity index (χ4n) is 2.21. The summed E-state index contributed by atoms with van der Waals surface area (Å²) < 4.78 is 66.3. The van der Waals surface area contributed by atoms with Crippen molar-refractivity contribution < 1.29 is 26.6 Å². The Bertz CT molecular complexity index is 836. The quantitative estimate of drug-likeness (QED) is 0.499. The summed E-state index contributed by atoms with van der Waals surface area (Å²) in [6.45, 7) is 0.827. The number of hydrogen-bond acceptors (Lipinski definition) is 5. The summed E-state index contributed by atoms with van der Waals surface area (Å²) in [5.41, 5.74) is -2.45. The van der Waals surface area contributed by atoms with Crippen LogP contribution in [0.1, 0.15) is 18.2 Å². The Morgan fingerprint density at radius 1 is 1.30 bits per heavy atom. The highest BCUT2D eigenvalue weighted by molar-refractivity contribution is 5.57. The van der Waals surface area contributed by atoms with Gasteiger partial charge in [0.25, 0.3) is 0 Å². The normalized spacial score (nSPS) is 11.9. The SMILES string of the molecule is CCNc1nc(Nc2c[n+](C(C#N)(CF)CF)[nH]c2C)ncc1C(F)(F)F. The molecule has 0 bridgehead atoms. The molecule has 0 radical (unpaired) electrons. The first-order valence-corrected chi connectivity index (χ1v) is 7.80.